The quantitative estimate of drug-likeness (QED) is 0.886. The Hall–Kier alpha value is -1.90. The lowest BCUT2D eigenvalue weighted by Crippen LogP contribution is -2.15. The molecule has 114 valence electrons. The molecule has 2 rings (SSSR count). The second kappa shape index (κ2) is 6.25. The zero-order valence-corrected chi connectivity index (χ0v) is 12.3. The molecule has 2 N–H and O–H groups in total. The van der Waals surface area contributed by atoms with Gasteiger partial charge >= 0.3 is 6.18 Å². The van der Waals surface area contributed by atoms with E-state index in [1.54, 1.807) is 13.1 Å². The molecule has 2 heterocycles. The summed E-state index contributed by atoms with van der Waals surface area (Å²) in [6.07, 6.45) is -2.87. The highest BCUT2D eigenvalue weighted by molar-refractivity contribution is 7.11. The van der Waals surface area contributed by atoms with Gasteiger partial charge in [0.25, 0.3) is 0 Å². The van der Waals surface area contributed by atoms with Gasteiger partial charge in [0.2, 0.25) is 5.82 Å². The van der Waals surface area contributed by atoms with Gasteiger partial charge in [-0.05, 0) is 13.8 Å². The highest BCUT2D eigenvalue weighted by Crippen LogP contribution is 2.28. The smallest absolute Gasteiger partial charge is 0.370 e. The molecule has 0 atom stereocenters. The lowest BCUT2D eigenvalue weighted by atomic mass is 10.4. The molecule has 0 aromatic carbocycles. The first-order valence-corrected chi connectivity index (χ1v) is 7.05. The van der Waals surface area contributed by atoms with Crippen molar-refractivity contribution in [2.75, 3.05) is 17.2 Å². The second-order valence-corrected chi connectivity index (χ2v) is 5.53. The van der Waals surface area contributed by atoms with Gasteiger partial charge < -0.3 is 10.6 Å². The Morgan fingerprint density at radius 2 is 1.86 bits per heavy atom. The summed E-state index contributed by atoms with van der Waals surface area (Å²) >= 11 is 1.48. The van der Waals surface area contributed by atoms with E-state index in [-0.39, 0.29) is 11.6 Å². The summed E-state index contributed by atoms with van der Waals surface area (Å²) in [5, 5.41) is 6.38. The number of thiazole rings is 1. The van der Waals surface area contributed by atoms with Crippen LogP contribution in [-0.4, -0.2) is 21.5 Å². The van der Waals surface area contributed by atoms with E-state index in [2.05, 4.69) is 25.6 Å². The minimum Gasteiger partial charge on any atom is -0.370 e. The SMILES string of the molecule is CCNc1cc(NCc2ncc(C)s2)nc(C(F)(F)F)n1. The average molecular weight is 317 g/mol. The zero-order chi connectivity index (χ0) is 15.5. The minimum atomic E-state index is -4.58. The van der Waals surface area contributed by atoms with E-state index in [0.29, 0.717) is 13.1 Å². The van der Waals surface area contributed by atoms with E-state index in [9.17, 15) is 13.2 Å². The van der Waals surface area contributed by atoms with Crippen LogP contribution in [-0.2, 0) is 12.7 Å². The molecule has 21 heavy (non-hydrogen) atoms. The Kier molecular flexibility index (Phi) is 4.61. The van der Waals surface area contributed by atoms with E-state index < -0.39 is 12.0 Å². The van der Waals surface area contributed by atoms with Crippen LogP contribution < -0.4 is 10.6 Å². The van der Waals surface area contributed by atoms with Gasteiger partial charge in [-0.15, -0.1) is 11.3 Å². The van der Waals surface area contributed by atoms with Gasteiger partial charge in [-0.2, -0.15) is 13.2 Å². The standard InChI is InChI=1S/C12H14F3N5S/c1-3-16-8-4-9(20-11(19-8)12(13,14)15)17-6-10-18-5-7(2)21-10/h4-5H,3,6H2,1-2H3,(H2,16,17,19,20). The predicted molar refractivity (Wildman–Crippen MR) is 75.4 cm³/mol. The van der Waals surface area contributed by atoms with Crippen molar-refractivity contribution in [3.63, 3.8) is 0 Å². The summed E-state index contributed by atoms with van der Waals surface area (Å²) in [4.78, 5) is 12.1. The third-order valence-electron chi connectivity index (χ3n) is 2.43. The number of hydrogen-bond acceptors (Lipinski definition) is 6. The normalized spacial score (nSPS) is 11.5. The van der Waals surface area contributed by atoms with Crippen molar-refractivity contribution in [2.45, 2.75) is 26.6 Å². The molecule has 0 amide bonds. The van der Waals surface area contributed by atoms with E-state index in [0.717, 1.165) is 9.88 Å². The molecule has 0 aliphatic heterocycles. The van der Waals surface area contributed by atoms with Gasteiger partial charge in [-0.3, -0.25) is 0 Å². The number of anilines is 2. The molecule has 0 aliphatic carbocycles. The third-order valence-corrected chi connectivity index (χ3v) is 3.34. The minimum absolute atomic E-state index is 0.112. The van der Waals surface area contributed by atoms with Crippen molar-refractivity contribution in [3.05, 3.63) is 28.0 Å². The second-order valence-electron chi connectivity index (χ2n) is 4.21. The van der Waals surface area contributed by atoms with Crippen molar-refractivity contribution in [2.24, 2.45) is 0 Å². The number of rotatable bonds is 5. The lowest BCUT2D eigenvalue weighted by molar-refractivity contribution is -0.144. The summed E-state index contributed by atoms with van der Waals surface area (Å²) in [7, 11) is 0. The topological polar surface area (TPSA) is 62.7 Å². The predicted octanol–water partition coefficient (Wildman–Crippen LogP) is 3.30. The first-order valence-electron chi connectivity index (χ1n) is 6.24. The van der Waals surface area contributed by atoms with Crippen LogP contribution in [0.3, 0.4) is 0 Å². The molecule has 0 bridgehead atoms. The Bertz CT molecular complexity index is 611. The molecule has 9 heteroatoms. The largest absolute Gasteiger partial charge is 0.451 e. The monoisotopic (exact) mass is 317 g/mol. The highest BCUT2D eigenvalue weighted by atomic mass is 32.1. The average Bonchev–Trinajstić information content (AvgIpc) is 2.81. The highest BCUT2D eigenvalue weighted by Gasteiger charge is 2.35. The summed E-state index contributed by atoms with van der Waals surface area (Å²) in [6.45, 7) is 4.48. The molecular weight excluding hydrogens is 303 g/mol. The van der Waals surface area contributed by atoms with E-state index >= 15 is 0 Å². The van der Waals surface area contributed by atoms with Crippen LogP contribution in [0.5, 0.6) is 0 Å². The van der Waals surface area contributed by atoms with Crippen molar-refractivity contribution in [3.8, 4) is 0 Å². The fourth-order valence-corrected chi connectivity index (χ4v) is 2.31. The van der Waals surface area contributed by atoms with Crippen LogP contribution in [0.2, 0.25) is 0 Å². The van der Waals surface area contributed by atoms with Crippen LogP contribution >= 0.6 is 11.3 Å². The van der Waals surface area contributed by atoms with E-state index in [1.807, 2.05) is 6.92 Å². The molecule has 0 aliphatic rings. The van der Waals surface area contributed by atoms with Gasteiger partial charge in [0.05, 0.1) is 6.54 Å². The first-order chi connectivity index (χ1) is 9.88. The molecule has 0 spiro atoms. The van der Waals surface area contributed by atoms with Crippen molar-refractivity contribution < 1.29 is 13.2 Å². The Morgan fingerprint density at radius 1 is 1.19 bits per heavy atom. The van der Waals surface area contributed by atoms with Gasteiger partial charge in [0.1, 0.15) is 16.6 Å². The fourth-order valence-electron chi connectivity index (χ4n) is 1.59. The molecule has 5 nitrogen and oxygen atoms in total. The Morgan fingerprint density at radius 3 is 2.38 bits per heavy atom. The fraction of sp³-hybridized carbons (Fsp3) is 0.417. The van der Waals surface area contributed by atoms with E-state index in [4.69, 9.17) is 0 Å². The number of aryl methyl sites for hydroxylation is 1. The molecule has 2 aromatic rings. The Balaban J connectivity index is 2.19. The van der Waals surface area contributed by atoms with Crippen LogP contribution in [0, 0.1) is 6.92 Å². The van der Waals surface area contributed by atoms with Gasteiger partial charge in [-0.25, -0.2) is 15.0 Å². The maximum atomic E-state index is 12.8. The maximum absolute atomic E-state index is 12.8. The van der Waals surface area contributed by atoms with Crippen LogP contribution in [0.1, 0.15) is 22.6 Å². The van der Waals surface area contributed by atoms with Crippen LogP contribution in [0.15, 0.2) is 12.3 Å². The van der Waals surface area contributed by atoms with Crippen molar-refractivity contribution in [1.82, 2.24) is 15.0 Å². The molecule has 0 radical (unpaired) electrons. The maximum Gasteiger partial charge on any atom is 0.451 e. The van der Waals surface area contributed by atoms with Gasteiger partial charge in [0.15, 0.2) is 0 Å². The number of hydrogen-bond donors (Lipinski definition) is 2. The van der Waals surface area contributed by atoms with Gasteiger partial charge in [-0.1, -0.05) is 0 Å². The molecule has 0 unspecified atom stereocenters. The van der Waals surface area contributed by atoms with Crippen LogP contribution in [0.4, 0.5) is 24.8 Å². The van der Waals surface area contributed by atoms with E-state index in [1.165, 1.54) is 17.4 Å². The number of nitrogens with one attached hydrogen (secondary N) is 2. The molecule has 2 aromatic heterocycles. The van der Waals surface area contributed by atoms with Gasteiger partial charge in [0, 0.05) is 23.7 Å². The zero-order valence-electron chi connectivity index (χ0n) is 11.5. The lowest BCUT2D eigenvalue weighted by Gasteiger charge is -2.11. The first kappa shape index (κ1) is 15.5. The third kappa shape index (κ3) is 4.28. The summed E-state index contributed by atoms with van der Waals surface area (Å²) in [5.74, 6) is -0.919. The number of alkyl halides is 3. The summed E-state index contributed by atoms with van der Waals surface area (Å²) in [5.41, 5.74) is 0. The molecular formula is C12H14F3N5S. The molecule has 0 saturated heterocycles. The number of aromatic nitrogens is 3. The molecule has 0 fully saturated rings. The Labute approximate surface area is 123 Å². The van der Waals surface area contributed by atoms with Crippen molar-refractivity contribution in [1.29, 1.82) is 0 Å². The van der Waals surface area contributed by atoms with Crippen molar-refractivity contribution >= 4 is 23.0 Å². The number of halogens is 3. The number of nitrogens with zero attached hydrogens (tertiary/aromatic N) is 3. The molecule has 0 saturated carbocycles. The van der Waals surface area contributed by atoms with Crippen LogP contribution in [0.25, 0.3) is 0 Å². The summed E-state index contributed by atoms with van der Waals surface area (Å²) in [6, 6.07) is 1.44. The summed E-state index contributed by atoms with van der Waals surface area (Å²) < 4.78 is 38.3.